The first-order chi connectivity index (χ1) is 14.9. The number of carbonyl (C=O) groups is 3. The lowest BCUT2D eigenvalue weighted by atomic mass is 9.98. The molecule has 2 aromatic rings. The van der Waals surface area contributed by atoms with Crippen LogP contribution in [0.15, 0.2) is 48.5 Å². The van der Waals surface area contributed by atoms with E-state index in [-0.39, 0.29) is 18.4 Å². The highest BCUT2D eigenvalue weighted by atomic mass is 16.7. The lowest BCUT2D eigenvalue weighted by Gasteiger charge is -2.20. The van der Waals surface area contributed by atoms with Gasteiger partial charge in [-0.25, -0.2) is 15.1 Å². The van der Waals surface area contributed by atoms with Crippen LogP contribution in [0.2, 0.25) is 0 Å². The monoisotopic (exact) mass is 426 g/mol. The number of hydrogen-bond donors (Lipinski definition) is 3. The molecule has 1 atom stereocenters. The molecule has 0 aromatic heterocycles. The average Bonchev–Trinajstić information content (AvgIpc) is 3.05. The Balaban J connectivity index is 1.62. The zero-order valence-electron chi connectivity index (χ0n) is 17.5. The van der Waals surface area contributed by atoms with E-state index in [0.717, 1.165) is 22.3 Å². The zero-order valence-corrected chi connectivity index (χ0v) is 17.5. The number of carboxylic acid groups (broad SMARTS) is 1. The third kappa shape index (κ3) is 5.61. The van der Waals surface area contributed by atoms with Gasteiger partial charge in [0.15, 0.2) is 6.61 Å². The van der Waals surface area contributed by atoms with E-state index in [1.165, 1.54) is 0 Å². The van der Waals surface area contributed by atoms with Crippen molar-refractivity contribution in [2.24, 2.45) is 5.92 Å². The maximum absolute atomic E-state index is 12.5. The predicted molar refractivity (Wildman–Crippen MR) is 113 cm³/mol. The molecule has 3 rings (SSSR count). The number of rotatable bonds is 9. The molecule has 31 heavy (non-hydrogen) atoms. The number of nitrogens with one attached hydrogen (secondary N) is 2. The van der Waals surface area contributed by atoms with E-state index in [1.54, 1.807) is 0 Å². The highest BCUT2D eigenvalue weighted by molar-refractivity contribution is 5.85. The molecule has 0 saturated carbocycles. The molecular weight excluding hydrogens is 400 g/mol. The second-order valence-electron chi connectivity index (χ2n) is 7.80. The molecule has 0 saturated heterocycles. The minimum atomic E-state index is -1.22. The minimum Gasteiger partial charge on any atom is -0.479 e. The minimum absolute atomic E-state index is 0.0885. The Hall–Kier alpha value is -3.39. The number of aliphatic carboxylic acids is 1. The summed E-state index contributed by atoms with van der Waals surface area (Å²) in [5.74, 6) is -1.84. The molecule has 0 aliphatic heterocycles. The Morgan fingerprint density at radius 1 is 1.00 bits per heavy atom. The van der Waals surface area contributed by atoms with Gasteiger partial charge in [0.1, 0.15) is 12.6 Å². The van der Waals surface area contributed by atoms with E-state index in [4.69, 9.17) is 9.84 Å². The van der Waals surface area contributed by atoms with Gasteiger partial charge in [0.05, 0.1) is 0 Å². The lowest BCUT2D eigenvalue weighted by Crippen LogP contribution is -2.48. The van der Waals surface area contributed by atoms with E-state index >= 15 is 0 Å². The van der Waals surface area contributed by atoms with Gasteiger partial charge in [-0.3, -0.25) is 9.63 Å². The van der Waals surface area contributed by atoms with Crippen molar-refractivity contribution in [1.82, 2.24) is 10.8 Å². The second-order valence-corrected chi connectivity index (χ2v) is 7.80. The van der Waals surface area contributed by atoms with E-state index in [2.05, 4.69) is 15.6 Å². The summed E-state index contributed by atoms with van der Waals surface area (Å²) in [7, 11) is 0. The summed E-state index contributed by atoms with van der Waals surface area (Å²) < 4.78 is 5.48. The highest BCUT2D eigenvalue weighted by Crippen LogP contribution is 2.44. The maximum atomic E-state index is 12.5. The Labute approximate surface area is 180 Å². The van der Waals surface area contributed by atoms with Crippen molar-refractivity contribution in [1.29, 1.82) is 0 Å². The number of hydrogen-bond acceptors (Lipinski definition) is 5. The fourth-order valence-electron chi connectivity index (χ4n) is 3.73. The van der Waals surface area contributed by atoms with Crippen molar-refractivity contribution >= 4 is 18.0 Å². The normalized spacial score (nSPS) is 13.3. The van der Waals surface area contributed by atoms with E-state index in [9.17, 15) is 14.4 Å². The molecular formula is C23H26N2O6. The van der Waals surface area contributed by atoms with Gasteiger partial charge in [-0.05, 0) is 34.6 Å². The summed E-state index contributed by atoms with van der Waals surface area (Å²) in [5.41, 5.74) is 6.49. The Kier molecular flexibility index (Phi) is 7.25. The summed E-state index contributed by atoms with van der Waals surface area (Å²) in [6.07, 6.45) is -0.382. The fraction of sp³-hybridized carbons (Fsp3) is 0.348. The molecule has 0 fully saturated rings. The first-order valence-electron chi connectivity index (χ1n) is 10.1. The van der Waals surface area contributed by atoms with Gasteiger partial charge in [-0.15, -0.1) is 0 Å². The van der Waals surface area contributed by atoms with Gasteiger partial charge in [0, 0.05) is 5.92 Å². The number of benzene rings is 2. The smallest absolute Gasteiger partial charge is 0.407 e. The molecule has 0 radical (unpaired) electrons. The fourth-order valence-corrected chi connectivity index (χ4v) is 3.73. The number of amides is 2. The Bertz CT molecular complexity index is 913. The maximum Gasteiger partial charge on any atom is 0.407 e. The quantitative estimate of drug-likeness (QED) is 0.531. The largest absolute Gasteiger partial charge is 0.479 e. The van der Waals surface area contributed by atoms with Crippen molar-refractivity contribution in [2.75, 3.05) is 13.2 Å². The summed E-state index contributed by atoms with van der Waals surface area (Å²) in [5, 5.41) is 11.2. The van der Waals surface area contributed by atoms with Crippen LogP contribution in [0.3, 0.4) is 0 Å². The van der Waals surface area contributed by atoms with Crippen molar-refractivity contribution in [2.45, 2.75) is 32.2 Å². The number of carbonyl (C=O) groups excluding carboxylic acids is 2. The van der Waals surface area contributed by atoms with Gasteiger partial charge in [-0.2, -0.15) is 0 Å². The van der Waals surface area contributed by atoms with Gasteiger partial charge in [-0.1, -0.05) is 62.4 Å². The molecule has 0 heterocycles. The molecule has 164 valence electrons. The van der Waals surface area contributed by atoms with Crippen LogP contribution in [0, 0.1) is 5.92 Å². The average molecular weight is 426 g/mol. The van der Waals surface area contributed by atoms with Gasteiger partial charge < -0.3 is 15.2 Å². The third-order valence-corrected chi connectivity index (χ3v) is 5.03. The van der Waals surface area contributed by atoms with Crippen LogP contribution in [0.25, 0.3) is 11.1 Å². The van der Waals surface area contributed by atoms with Crippen LogP contribution < -0.4 is 10.8 Å². The van der Waals surface area contributed by atoms with Crippen molar-refractivity contribution in [3.8, 4) is 11.1 Å². The van der Waals surface area contributed by atoms with E-state index < -0.39 is 30.6 Å². The molecule has 2 amide bonds. The van der Waals surface area contributed by atoms with Crippen LogP contribution in [0.5, 0.6) is 0 Å². The second kappa shape index (κ2) is 10.1. The summed E-state index contributed by atoms with van der Waals surface area (Å²) in [4.78, 5) is 39.9. The highest BCUT2D eigenvalue weighted by Gasteiger charge is 2.30. The molecule has 1 aliphatic carbocycles. The van der Waals surface area contributed by atoms with Crippen molar-refractivity contribution in [3.05, 3.63) is 59.7 Å². The van der Waals surface area contributed by atoms with Crippen molar-refractivity contribution in [3.63, 3.8) is 0 Å². The Morgan fingerprint density at radius 3 is 2.13 bits per heavy atom. The first kappa shape index (κ1) is 22.3. The molecule has 3 N–H and O–H groups in total. The third-order valence-electron chi connectivity index (χ3n) is 5.03. The number of carboxylic acids is 1. The van der Waals surface area contributed by atoms with Crippen molar-refractivity contribution < 1.29 is 29.1 Å². The topological polar surface area (TPSA) is 114 Å². The number of alkyl carbamates (subject to hydrolysis) is 1. The van der Waals surface area contributed by atoms with Crippen LogP contribution in [0.4, 0.5) is 4.79 Å². The number of ether oxygens (including phenoxy) is 1. The molecule has 1 aliphatic rings. The summed E-state index contributed by atoms with van der Waals surface area (Å²) >= 11 is 0. The van der Waals surface area contributed by atoms with Crippen LogP contribution in [-0.2, 0) is 19.2 Å². The molecule has 0 unspecified atom stereocenters. The molecule has 0 spiro atoms. The number of fused-ring (bicyclic) bond motifs is 3. The van der Waals surface area contributed by atoms with Gasteiger partial charge in [0.2, 0.25) is 0 Å². The zero-order chi connectivity index (χ0) is 22.4. The SMILES string of the molecule is CC(C)C[C@@H](NC(=O)OCC1c2ccccc2-c2ccccc21)C(=O)NOCC(=O)O. The molecule has 2 aromatic carbocycles. The number of hydroxylamine groups is 1. The summed E-state index contributed by atoms with van der Waals surface area (Å²) in [6.45, 7) is 3.26. The van der Waals surface area contributed by atoms with Crippen LogP contribution in [0.1, 0.15) is 37.3 Å². The predicted octanol–water partition coefficient (Wildman–Crippen LogP) is 3.07. The van der Waals surface area contributed by atoms with Gasteiger partial charge in [0.25, 0.3) is 5.91 Å². The van der Waals surface area contributed by atoms with E-state index in [1.807, 2.05) is 62.4 Å². The summed E-state index contributed by atoms with van der Waals surface area (Å²) in [6, 6.07) is 15.1. The molecule has 0 bridgehead atoms. The first-order valence-corrected chi connectivity index (χ1v) is 10.1. The Morgan fingerprint density at radius 2 is 1.58 bits per heavy atom. The molecule has 8 nitrogen and oxygen atoms in total. The van der Waals surface area contributed by atoms with Crippen LogP contribution in [-0.4, -0.2) is 42.3 Å². The molecule has 8 heteroatoms. The standard InChI is InChI=1S/C23H26N2O6/c1-14(2)11-20(22(28)25-31-13-21(26)27)24-23(29)30-12-19-17-9-5-3-7-15(17)16-8-4-6-10-18(16)19/h3-10,14,19-20H,11-13H2,1-2H3,(H,24,29)(H,25,28)(H,26,27)/t20-/m1/s1. The van der Waals surface area contributed by atoms with Crippen LogP contribution >= 0.6 is 0 Å². The van der Waals surface area contributed by atoms with E-state index in [0.29, 0.717) is 6.42 Å². The van der Waals surface area contributed by atoms with Gasteiger partial charge >= 0.3 is 12.1 Å². The lowest BCUT2D eigenvalue weighted by molar-refractivity contribution is -0.150.